The fraction of sp³-hybridized carbons (Fsp3) is 0.615. The van der Waals surface area contributed by atoms with Gasteiger partial charge in [0.1, 0.15) is 17.5 Å². The van der Waals surface area contributed by atoms with E-state index in [0.29, 0.717) is 13.0 Å². The summed E-state index contributed by atoms with van der Waals surface area (Å²) >= 11 is 0. The minimum Gasteiger partial charge on any atom is -0.370 e. The molecule has 2 heterocycles. The van der Waals surface area contributed by atoms with E-state index in [0.717, 1.165) is 36.8 Å². The van der Waals surface area contributed by atoms with Gasteiger partial charge in [-0.05, 0) is 6.42 Å². The van der Waals surface area contributed by atoms with Crippen molar-refractivity contribution in [3.05, 3.63) is 11.9 Å². The van der Waals surface area contributed by atoms with Gasteiger partial charge in [0, 0.05) is 32.0 Å². The molecular weight excluding hydrogens is 242 g/mol. The average Bonchev–Trinajstić information content (AvgIpc) is 2.81. The third-order valence-corrected chi connectivity index (χ3v) is 2.97. The van der Waals surface area contributed by atoms with Gasteiger partial charge in [-0.2, -0.15) is 0 Å². The normalized spacial score (nSPS) is 18.2. The molecule has 0 bridgehead atoms. The summed E-state index contributed by atoms with van der Waals surface area (Å²) < 4.78 is 0. The highest BCUT2D eigenvalue weighted by Gasteiger charge is 2.21. The number of carbonyl (C=O) groups is 1. The lowest BCUT2D eigenvalue weighted by atomic mass is 10.2. The van der Waals surface area contributed by atoms with E-state index >= 15 is 0 Å². The molecule has 1 aromatic rings. The van der Waals surface area contributed by atoms with E-state index in [-0.39, 0.29) is 11.9 Å². The Hall–Kier alpha value is -1.85. The number of rotatable bonds is 6. The molecule has 1 saturated heterocycles. The minimum atomic E-state index is 0.0894. The molecule has 2 rings (SSSR count). The lowest BCUT2D eigenvalue weighted by Crippen LogP contribution is -2.23. The zero-order chi connectivity index (χ0) is 13.7. The molecule has 1 aliphatic heterocycles. The molecule has 104 valence electrons. The molecule has 0 aromatic carbocycles. The highest BCUT2D eigenvalue weighted by atomic mass is 16.1. The van der Waals surface area contributed by atoms with Crippen LogP contribution in [0, 0.1) is 0 Å². The summed E-state index contributed by atoms with van der Waals surface area (Å²) in [6.45, 7) is 5.69. The highest BCUT2D eigenvalue weighted by Crippen LogP contribution is 2.15. The van der Waals surface area contributed by atoms with E-state index in [1.54, 1.807) is 0 Å². The van der Waals surface area contributed by atoms with Crippen LogP contribution < -0.4 is 16.0 Å². The van der Waals surface area contributed by atoms with Crippen molar-refractivity contribution in [3.63, 3.8) is 0 Å². The summed E-state index contributed by atoms with van der Waals surface area (Å²) in [6, 6.07) is 2.02. The number of aromatic nitrogens is 2. The van der Waals surface area contributed by atoms with Crippen LogP contribution in [0.5, 0.6) is 0 Å². The quantitative estimate of drug-likeness (QED) is 0.718. The summed E-state index contributed by atoms with van der Waals surface area (Å²) in [4.78, 5) is 20.1. The monoisotopic (exact) mass is 263 g/mol. The van der Waals surface area contributed by atoms with Crippen molar-refractivity contribution in [1.82, 2.24) is 15.3 Å². The van der Waals surface area contributed by atoms with Crippen LogP contribution in [0.15, 0.2) is 6.07 Å². The molecule has 1 aliphatic rings. The van der Waals surface area contributed by atoms with Gasteiger partial charge in [-0.1, -0.05) is 13.8 Å². The van der Waals surface area contributed by atoms with Gasteiger partial charge in [0.15, 0.2) is 0 Å². The van der Waals surface area contributed by atoms with Gasteiger partial charge in [-0.25, -0.2) is 9.97 Å². The number of carbonyl (C=O) groups excluding carboxylic acids is 1. The predicted molar refractivity (Wildman–Crippen MR) is 75.2 cm³/mol. The minimum absolute atomic E-state index is 0.0894. The molecule has 1 atom stereocenters. The summed E-state index contributed by atoms with van der Waals surface area (Å²) in [5, 5.41) is 9.36. The van der Waals surface area contributed by atoms with Gasteiger partial charge in [-0.3, -0.25) is 4.79 Å². The Morgan fingerprint density at radius 1 is 1.37 bits per heavy atom. The van der Waals surface area contributed by atoms with Crippen molar-refractivity contribution < 1.29 is 4.79 Å². The average molecular weight is 263 g/mol. The molecular formula is C13H21N5O. The lowest BCUT2D eigenvalue weighted by Gasteiger charge is -2.13. The second kappa shape index (κ2) is 6.36. The van der Waals surface area contributed by atoms with Crippen LogP contribution in [0.2, 0.25) is 0 Å². The molecule has 19 heavy (non-hydrogen) atoms. The largest absolute Gasteiger partial charge is 0.370 e. The van der Waals surface area contributed by atoms with Gasteiger partial charge in [0.25, 0.3) is 0 Å². The standard InChI is InChI=1S/C13H21N5O/c1-3-5-14-11-7-12(18-10(4-2)17-11)16-9-6-13(19)15-8-9/h7,9H,3-6,8H2,1-2H3,(H,15,19)(H2,14,16,17,18). The first-order valence-electron chi connectivity index (χ1n) is 6.86. The van der Waals surface area contributed by atoms with Gasteiger partial charge in [0.05, 0.1) is 6.04 Å². The van der Waals surface area contributed by atoms with E-state index in [1.807, 2.05) is 13.0 Å². The maximum absolute atomic E-state index is 11.2. The Morgan fingerprint density at radius 2 is 2.16 bits per heavy atom. The molecule has 0 spiro atoms. The Labute approximate surface area is 113 Å². The van der Waals surface area contributed by atoms with Gasteiger partial charge < -0.3 is 16.0 Å². The van der Waals surface area contributed by atoms with Crippen LogP contribution in [-0.4, -0.2) is 35.0 Å². The fourth-order valence-electron chi connectivity index (χ4n) is 1.99. The first-order valence-corrected chi connectivity index (χ1v) is 6.86. The van der Waals surface area contributed by atoms with Crippen molar-refractivity contribution >= 4 is 17.5 Å². The topological polar surface area (TPSA) is 78.9 Å². The van der Waals surface area contributed by atoms with E-state index in [1.165, 1.54) is 0 Å². The van der Waals surface area contributed by atoms with Gasteiger partial charge in [0.2, 0.25) is 5.91 Å². The van der Waals surface area contributed by atoms with Crippen molar-refractivity contribution in [3.8, 4) is 0 Å². The highest BCUT2D eigenvalue weighted by molar-refractivity contribution is 5.79. The number of anilines is 2. The second-order valence-corrected chi connectivity index (χ2v) is 4.68. The van der Waals surface area contributed by atoms with E-state index in [9.17, 15) is 4.79 Å². The molecule has 6 nitrogen and oxygen atoms in total. The molecule has 1 fully saturated rings. The summed E-state index contributed by atoms with van der Waals surface area (Å²) in [5.41, 5.74) is 0. The molecule has 1 aromatic heterocycles. The van der Waals surface area contributed by atoms with Crippen LogP contribution >= 0.6 is 0 Å². The smallest absolute Gasteiger partial charge is 0.222 e. The molecule has 0 aliphatic carbocycles. The molecule has 1 amide bonds. The third kappa shape index (κ3) is 3.81. The number of hydrogen-bond donors (Lipinski definition) is 3. The van der Waals surface area contributed by atoms with Crippen LogP contribution in [0.1, 0.15) is 32.5 Å². The zero-order valence-corrected chi connectivity index (χ0v) is 11.5. The second-order valence-electron chi connectivity index (χ2n) is 4.68. The Morgan fingerprint density at radius 3 is 2.79 bits per heavy atom. The lowest BCUT2D eigenvalue weighted by molar-refractivity contribution is -0.119. The summed E-state index contributed by atoms with van der Waals surface area (Å²) in [5.74, 6) is 2.52. The predicted octanol–water partition coefficient (Wildman–Crippen LogP) is 1.16. The Bertz CT molecular complexity index is 449. The molecule has 3 N–H and O–H groups in total. The van der Waals surface area contributed by atoms with Gasteiger partial charge >= 0.3 is 0 Å². The zero-order valence-electron chi connectivity index (χ0n) is 11.5. The maximum Gasteiger partial charge on any atom is 0.222 e. The SMILES string of the molecule is CCCNc1cc(NC2CNC(=O)C2)nc(CC)n1. The molecule has 1 unspecified atom stereocenters. The summed E-state index contributed by atoms with van der Waals surface area (Å²) in [6.07, 6.45) is 2.34. The Balaban J connectivity index is 2.07. The number of amides is 1. The number of nitrogens with one attached hydrogen (secondary N) is 3. The van der Waals surface area contributed by atoms with Crippen molar-refractivity contribution in [2.24, 2.45) is 0 Å². The third-order valence-electron chi connectivity index (χ3n) is 2.97. The number of aryl methyl sites for hydroxylation is 1. The maximum atomic E-state index is 11.2. The van der Waals surface area contributed by atoms with E-state index in [4.69, 9.17) is 0 Å². The van der Waals surface area contributed by atoms with Crippen LogP contribution in [-0.2, 0) is 11.2 Å². The van der Waals surface area contributed by atoms with Crippen molar-refractivity contribution in [2.45, 2.75) is 39.2 Å². The molecule has 0 radical (unpaired) electrons. The van der Waals surface area contributed by atoms with Crippen LogP contribution in [0.4, 0.5) is 11.6 Å². The summed E-state index contributed by atoms with van der Waals surface area (Å²) in [7, 11) is 0. The van der Waals surface area contributed by atoms with Crippen LogP contribution in [0.3, 0.4) is 0 Å². The Kier molecular flexibility index (Phi) is 4.54. The van der Waals surface area contributed by atoms with Crippen LogP contribution in [0.25, 0.3) is 0 Å². The van der Waals surface area contributed by atoms with Crippen molar-refractivity contribution in [1.29, 1.82) is 0 Å². The van der Waals surface area contributed by atoms with E-state index < -0.39 is 0 Å². The number of nitrogens with zero attached hydrogens (tertiary/aromatic N) is 2. The number of hydrogen-bond acceptors (Lipinski definition) is 5. The van der Waals surface area contributed by atoms with Crippen molar-refractivity contribution in [2.75, 3.05) is 23.7 Å². The fourth-order valence-corrected chi connectivity index (χ4v) is 1.99. The molecule has 6 heteroatoms. The first kappa shape index (κ1) is 13.6. The van der Waals surface area contributed by atoms with Gasteiger partial charge in [-0.15, -0.1) is 0 Å². The first-order chi connectivity index (χ1) is 9.21. The van der Waals surface area contributed by atoms with E-state index in [2.05, 4.69) is 32.8 Å². The molecule has 0 saturated carbocycles.